The van der Waals surface area contributed by atoms with Crippen LogP contribution < -0.4 is 5.32 Å². The summed E-state index contributed by atoms with van der Waals surface area (Å²) < 4.78 is 0. The number of rotatable bonds is 3. The fourth-order valence-corrected chi connectivity index (χ4v) is 2.96. The predicted molar refractivity (Wildman–Crippen MR) is 69.8 cm³/mol. The Bertz CT molecular complexity index is 284. The van der Waals surface area contributed by atoms with Crippen LogP contribution in [0, 0.1) is 11.3 Å². The first kappa shape index (κ1) is 12.9. The summed E-state index contributed by atoms with van der Waals surface area (Å²) in [5.41, 5.74) is 0.269. The molecular formula is C14H26N2O. The van der Waals surface area contributed by atoms with Gasteiger partial charge in [0.25, 0.3) is 0 Å². The quantitative estimate of drug-likeness (QED) is 0.816. The molecule has 1 saturated heterocycles. The Kier molecular flexibility index (Phi) is 3.76. The number of hydrogen-bond donors (Lipinski definition) is 1. The van der Waals surface area contributed by atoms with E-state index in [1.807, 2.05) is 7.05 Å². The summed E-state index contributed by atoms with van der Waals surface area (Å²) in [6.07, 6.45) is 6.09. The summed E-state index contributed by atoms with van der Waals surface area (Å²) in [7, 11) is 1.91. The summed E-state index contributed by atoms with van der Waals surface area (Å²) >= 11 is 0. The molecule has 0 aromatic rings. The van der Waals surface area contributed by atoms with Gasteiger partial charge in [0.05, 0.1) is 6.04 Å². The second kappa shape index (κ2) is 4.97. The molecule has 1 aliphatic carbocycles. The number of nitrogens with one attached hydrogen (secondary N) is 1. The molecule has 1 unspecified atom stereocenters. The molecular weight excluding hydrogens is 212 g/mol. The van der Waals surface area contributed by atoms with Crippen molar-refractivity contribution in [2.75, 3.05) is 20.1 Å². The van der Waals surface area contributed by atoms with Gasteiger partial charge in [0.2, 0.25) is 5.91 Å². The van der Waals surface area contributed by atoms with E-state index in [1.165, 1.54) is 19.3 Å². The van der Waals surface area contributed by atoms with Crippen LogP contribution in [-0.2, 0) is 4.79 Å². The molecule has 1 heterocycles. The van der Waals surface area contributed by atoms with Crippen LogP contribution in [0.25, 0.3) is 0 Å². The van der Waals surface area contributed by atoms with E-state index >= 15 is 0 Å². The van der Waals surface area contributed by atoms with Gasteiger partial charge in [0, 0.05) is 13.1 Å². The zero-order valence-corrected chi connectivity index (χ0v) is 11.5. The second-order valence-electron chi connectivity index (χ2n) is 6.56. The van der Waals surface area contributed by atoms with Crippen LogP contribution in [-0.4, -0.2) is 37.0 Å². The van der Waals surface area contributed by atoms with Crippen LogP contribution in [0.3, 0.4) is 0 Å². The second-order valence-corrected chi connectivity index (χ2v) is 6.56. The maximum Gasteiger partial charge on any atom is 0.239 e. The Hall–Kier alpha value is -0.570. The standard InChI is InChI=1S/C14H26N2O/c1-14(2)8-7-12(15-3)13(17)16(10-14)9-11-5-4-6-11/h11-12,15H,4-10H2,1-3H3. The van der Waals surface area contributed by atoms with E-state index in [4.69, 9.17) is 0 Å². The minimum Gasteiger partial charge on any atom is -0.341 e. The molecule has 0 aromatic heterocycles. The largest absolute Gasteiger partial charge is 0.341 e. The molecule has 0 spiro atoms. The summed E-state index contributed by atoms with van der Waals surface area (Å²) in [6.45, 7) is 6.49. The molecule has 1 atom stereocenters. The fourth-order valence-electron chi connectivity index (χ4n) is 2.96. The first-order valence-electron chi connectivity index (χ1n) is 6.98. The van der Waals surface area contributed by atoms with Crippen LogP contribution in [0.2, 0.25) is 0 Å². The molecule has 0 bridgehead atoms. The molecule has 0 radical (unpaired) electrons. The monoisotopic (exact) mass is 238 g/mol. The van der Waals surface area contributed by atoms with Gasteiger partial charge in [-0.1, -0.05) is 20.3 Å². The minimum atomic E-state index is 0.0388. The Morgan fingerprint density at radius 1 is 1.35 bits per heavy atom. The average Bonchev–Trinajstić information content (AvgIpc) is 2.31. The van der Waals surface area contributed by atoms with Gasteiger partial charge in [0.15, 0.2) is 0 Å². The summed E-state index contributed by atoms with van der Waals surface area (Å²) in [5.74, 6) is 1.09. The molecule has 1 saturated carbocycles. The molecule has 0 aromatic carbocycles. The normalized spacial score (nSPS) is 29.9. The van der Waals surface area contributed by atoms with Gasteiger partial charge in [-0.2, -0.15) is 0 Å². The van der Waals surface area contributed by atoms with E-state index < -0.39 is 0 Å². The van der Waals surface area contributed by atoms with Gasteiger partial charge >= 0.3 is 0 Å². The van der Waals surface area contributed by atoms with E-state index in [0.717, 1.165) is 31.8 Å². The Balaban J connectivity index is 2.04. The van der Waals surface area contributed by atoms with Crippen molar-refractivity contribution in [3.8, 4) is 0 Å². The van der Waals surface area contributed by atoms with Crippen molar-refractivity contribution >= 4 is 5.91 Å². The lowest BCUT2D eigenvalue weighted by Crippen LogP contribution is -2.47. The summed E-state index contributed by atoms with van der Waals surface area (Å²) in [6, 6.07) is 0.0388. The maximum atomic E-state index is 12.4. The topological polar surface area (TPSA) is 32.3 Å². The highest BCUT2D eigenvalue weighted by Crippen LogP contribution is 2.32. The zero-order valence-electron chi connectivity index (χ0n) is 11.5. The Morgan fingerprint density at radius 3 is 2.59 bits per heavy atom. The number of amides is 1. The Labute approximate surface area is 105 Å². The number of carbonyl (C=O) groups excluding carboxylic acids is 1. The number of carbonyl (C=O) groups is 1. The molecule has 17 heavy (non-hydrogen) atoms. The van der Waals surface area contributed by atoms with Gasteiger partial charge in [-0.05, 0) is 44.1 Å². The number of likely N-dealkylation sites (tertiary alicyclic amines) is 1. The number of nitrogens with zero attached hydrogens (tertiary/aromatic N) is 1. The van der Waals surface area contributed by atoms with Crippen LogP contribution in [0.4, 0.5) is 0 Å². The highest BCUT2D eigenvalue weighted by molar-refractivity contribution is 5.82. The van der Waals surface area contributed by atoms with Crippen LogP contribution in [0.1, 0.15) is 46.0 Å². The van der Waals surface area contributed by atoms with Crippen molar-refractivity contribution in [2.24, 2.45) is 11.3 Å². The van der Waals surface area contributed by atoms with Crippen molar-refractivity contribution in [3.63, 3.8) is 0 Å². The smallest absolute Gasteiger partial charge is 0.239 e. The maximum absolute atomic E-state index is 12.4. The van der Waals surface area contributed by atoms with Gasteiger partial charge in [-0.25, -0.2) is 0 Å². The molecule has 3 nitrogen and oxygen atoms in total. The van der Waals surface area contributed by atoms with Crippen molar-refractivity contribution in [1.82, 2.24) is 10.2 Å². The summed E-state index contributed by atoms with van der Waals surface area (Å²) in [4.78, 5) is 14.5. The third-order valence-electron chi connectivity index (χ3n) is 4.39. The van der Waals surface area contributed by atoms with E-state index in [-0.39, 0.29) is 11.5 Å². The fraction of sp³-hybridized carbons (Fsp3) is 0.929. The lowest BCUT2D eigenvalue weighted by molar-refractivity contribution is -0.134. The lowest BCUT2D eigenvalue weighted by atomic mass is 9.84. The van der Waals surface area contributed by atoms with Gasteiger partial charge < -0.3 is 10.2 Å². The van der Waals surface area contributed by atoms with Crippen molar-refractivity contribution in [2.45, 2.75) is 52.0 Å². The highest BCUT2D eigenvalue weighted by atomic mass is 16.2. The summed E-state index contributed by atoms with van der Waals surface area (Å²) in [5, 5.41) is 3.18. The van der Waals surface area contributed by atoms with E-state index in [9.17, 15) is 4.79 Å². The zero-order chi connectivity index (χ0) is 12.5. The minimum absolute atomic E-state index is 0.0388. The highest BCUT2D eigenvalue weighted by Gasteiger charge is 2.35. The number of hydrogen-bond acceptors (Lipinski definition) is 2. The number of likely N-dealkylation sites (N-methyl/N-ethyl adjacent to an activating group) is 1. The predicted octanol–water partition coefficient (Wildman–Crippen LogP) is 2.02. The van der Waals surface area contributed by atoms with Crippen molar-refractivity contribution in [3.05, 3.63) is 0 Å². The Morgan fingerprint density at radius 2 is 2.06 bits per heavy atom. The van der Waals surface area contributed by atoms with Crippen LogP contribution in [0.15, 0.2) is 0 Å². The SMILES string of the molecule is CNC1CCC(C)(C)CN(CC2CCC2)C1=O. The third-order valence-corrected chi connectivity index (χ3v) is 4.39. The molecule has 98 valence electrons. The van der Waals surface area contributed by atoms with Crippen LogP contribution >= 0.6 is 0 Å². The lowest BCUT2D eigenvalue weighted by Gasteiger charge is -2.36. The van der Waals surface area contributed by atoms with Crippen LogP contribution in [0.5, 0.6) is 0 Å². The van der Waals surface area contributed by atoms with Gasteiger partial charge in [-0.15, -0.1) is 0 Å². The molecule has 2 aliphatic rings. The first-order chi connectivity index (χ1) is 8.02. The molecule has 1 amide bonds. The molecule has 1 aliphatic heterocycles. The molecule has 2 fully saturated rings. The molecule has 3 heteroatoms. The van der Waals surface area contributed by atoms with Crippen molar-refractivity contribution in [1.29, 1.82) is 0 Å². The first-order valence-corrected chi connectivity index (χ1v) is 6.98. The van der Waals surface area contributed by atoms with E-state index in [0.29, 0.717) is 5.91 Å². The molecule has 2 rings (SSSR count). The van der Waals surface area contributed by atoms with Gasteiger partial charge in [-0.3, -0.25) is 4.79 Å². The van der Waals surface area contributed by atoms with E-state index in [2.05, 4.69) is 24.1 Å². The molecule has 1 N–H and O–H groups in total. The third kappa shape index (κ3) is 3.01. The van der Waals surface area contributed by atoms with E-state index in [1.54, 1.807) is 0 Å². The average molecular weight is 238 g/mol. The van der Waals surface area contributed by atoms with Gasteiger partial charge in [0.1, 0.15) is 0 Å². The van der Waals surface area contributed by atoms with Crippen molar-refractivity contribution < 1.29 is 4.79 Å².